The Morgan fingerprint density at radius 2 is 1.53 bits per heavy atom. The lowest BCUT2D eigenvalue weighted by Gasteiger charge is -2.06. The molecule has 1 aromatic carbocycles. The predicted molar refractivity (Wildman–Crippen MR) is 54.4 cm³/mol. The summed E-state index contributed by atoms with van der Waals surface area (Å²) in [6.07, 6.45) is 0. The number of alkyl halides is 3. The van der Waals surface area contributed by atoms with Gasteiger partial charge >= 0.3 is 15.5 Å². The van der Waals surface area contributed by atoms with E-state index < -0.39 is 25.4 Å². The van der Waals surface area contributed by atoms with E-state index >= 15 is 0 Å². The molecule has 1 aromatic rings. The van der Waals surface area contributed by atoms with E-state index in [0.717, 1.165) is 12.1 Å². The zero-order valence-corrected chi connectivity index (χ0v) is 9.72. The topological polar surface area (TPSA) is 89.6 Å². The molecule has 1 rings (SSSR count). The Hall–Kier alpha value is -1.13. The molecule has 96 valence electrons. The summed E-state index contributed by atoms with van der Waals surface area (Å²) in [5, 5.41) is 5.00. The van der Waals surface area contributed by atoms with E-state index in [1.54, 1.807) is 0 Å². The maximum absolute atomic E-state index is 12.0. The number of halogens is 3. The van der Waals surface area contributed by atoms with Crippen molar-refractivity contribution in [2.45, 2.75) is 10.4 Å². The third kappa shape index (κ3) is 3.17. The predicted octanol–water partition coefficient (Wildman–Crippen LogP) is 1.24. The molecule has 0 radical (unpaired) electrons. The van der Waals surface area contributed by atoms with Crippen LogP contribution in [0.2, 0.25) is 0 Å². The second-order valence-electron chi connectivity index (χ2n) is 2.88. The first-order valence-electron chi connectivity index (χ1n) is 3.99. The van der Waals surface area contributed by atoms with Crippen LogP contribution in [0.3, 0.4) is 0 Å². The Bertz CT molecular complexity index is 616. The smallest absolute Gasteiger partial charge is 0.240 e. The fourth-order valence-corrected chi connectivity index (χ4v) is 3.24. The summed E-state index contributed by atoms with van der Waals surface area (Å²) < 4.78 is 71.2. The number of rotatable bonds is 2. The van der Waals surface area contributed by atoms with Crippen LogP contribution in [-0.2, 0) is 19.9 Å². The van der Waals surface area contributed by atoms with Gasteiger partial charge in [-0.05, 0) is 12.1 Å². The van der Waals surface area contributed by atoms with E-state index in [1.165, 1.54) is 18.2 Å². The van der Waals surface area contributed by atoms with Gasteiger partial charge in [0.2, 0.25) is 0 Å². The lowest BCUT2D eigenvalue weighted by Crippen LogP contribution is -2.24. The molecule has 0 saturated carbocycles. The van der Waals surface area contributed by atoms with E-state index in [0.29, 0.717) is 0 Å². The van der Waals surface area contributed by atoms with Crippen molar-refractivity contribution in [1.82, 2.24) is 0 Å². The Balaban J connectivity index is 3.40. The molecule has 0 fully saturated rings. The summed E-state index contributed by atoms with van der Waals surface area (Å²) in [6, 6.07) is 6.43. The number of hydrogen-bond donors (Lipinski definition) is 1. The van der Waals surface area contributed by atoms with Crippen molar-refractivity contribution in [3.8, 4) is 0 Å². The molecule has 0 heterocycles. The van der Waals surface area contributed by atoms with Crippen molar-refractivity contribution in [3.63, 3.8) is 0 Å². The van der Waals surface area contributed by atoms with Crippen LogP contribution in [0.5, 0.6) is 0 Å². The number of sulfonamides is 1. The van der Waals surface area contributed by atoms with Crippen LogP contribution in [0.15, 0.2) is 39.0 Å². The van der Waals surface area contributed by atoms with E-state index in [-0.39, 0.29) is 4.90 Å². The van der Waals surface area contributed by atoms with Crippen molar-refractivity contribution < 1.29 is 25.8 Å². The van der Waals surface area contributed by atoms with Gasteiger partial charge in [-0.1, -0.05) is 22.0 Å². The zero-order chi connectivity index (χ0) is 13.3. The zero-order valence-electron chi connectivity index (χ0n) is 8.09. The molecule has 0 amide bonds. The maximum Gasteiger partial charge on any atom is 0.519 e. The van der Waals surface area contributed by atoms with Crippen LogP contribution in [0, 0.1) is 0 Å². The van der Waals surface area contributed by atoms with Crippen LogP contribution in [0.4, 0.5) is 13.2 Å². The highest BCUT2D eigenvalue weighted by molar-refractivity contribution is 8.02. The first-order valence-corrected chi connectivity index (χ1v) is 7.00. The highest BCUT2D eigenvalue weighted by Gasteiger charge is 2.47. The van der Waals surface area contributed by atoms with Crippen molar-refractivity contribution in [1.29, 1.82) is 0 Å². The van der Waals surface area contributed by atoms with Gasteiger partial charge in [0.15, 0.2) is 0 Å². The molecule has 0 aliphatic carbocycles. The fraction of sp³-hybridized carbons (Fsp3) is 0.143. The van der Waals surface area contributed by atoms with Crippen LogP contribution in [-0.4, -0.2) is 18.1 Å². The molecular formula is C7H7F3N2O3S2. The highest BCUT2D eigenvalue weighted by atomic mass is 32.3. The number of hydrogen-bond acceptors (Lipinski definition) is 3. The monoisotopic (exact) mass is 288 g/mol. The van der Waals surface area contributed by atoms with Crippen molar-refractivity contribution in [2.24, 2.45) is 8.91 Å². The summed E-state index contributed by atoms with van der Waals surface area (Å²) >= 11 is 0. The maximum atomic E-state index is 12.0. The molecule has 0 aliphatic rings. The minimum atomic E-state index is -5.88. The lowest BCUT2D eigenvalue weighted by molar-refractivity contribution is -0.0434. The van der Waals surface area contributed by atoms with Gasteiger partial charge in [-0.2, -0.15) is 21.6 Å². The van der Waals surface area contributed by atoms with Crippen LogP contribution >= 0.6 is 0 Å². The van der Waals surface area contributed by atoms with E-state index in [9.17, 15) is 25.8 Å². The summed E-state index contributed by atoms with van der Waals surface area (Å²) in [6.45, 7) is 0. The van der Waals surface area contributed by atoms with Crippen molar-refractivity contribution in [2.75, 3.05) is 0 Å². The molecule has 2 N–H and O–H groups in total. The Morgan fingerprint density at radius 1 is 1.06 bits per heavy atom. The van der Waals surface area contributed by atoms with Crippen LogP contribution < -0.4 is 5.14 Å². The molecule has 0 aromatic heterocycles. The molecule has 0 aliphatic heterocycles. The second kappa shape index (κ2) is 4.27. The number of nitrogens with two attached hydrogens (primary N) is 1. The third-order valence-corrected chi connectivity index (χ3v) is 4.79. The quantitative estimate of drug-likeness (QED) is 0.887. The molecular weight excluding hydrogens is 281 g/mol. The fourth-order valence-electron chi connectivity index (χ4n) is 0.847. The van der Waals surface area contributed by atoms with Crippen molar-refractivity contribution >= 4 is 19.9 Å². The normalized spacial score (nSPS) is 16.2. The van der Waals surface area contributed by atoms with Gasteiger partial charge in [0.25, 0.3) is 0 Å². The van der Waals surface area contributed by atoms with Gasteiger partial charge in [0.1, 0.15) is 9.92 Å². The van der Waals surface area contributed by atoms with Gasteiger partial charge in [0.05, 0.1) is 4.90 Å². The van der Waals surface area contributed by atoms with Gasteiger partial charge < -0.3 is 0 Å². The summed E-state index contributed by atoms with van der Waals surface area (Å²) in [4.78, 5) is -0.298. The Labute approximate surface area is 95.8 Å². The molecule has 1 unspecified atom stereocenters. The van der Waals surface area contributed by atoms with Crippen LogP contribution in [0.25, 0.3) is 0 Å². The molecule has 0 bridgehead atoms. The van der Waals surface area contributed by atoms with Crippen LogP contribution in [0.1, 0.15) is 0 Å². The average molecular weight is 288 g/mol. The van der Waals surface area contributed by atoms with Gasteiger partial charge in [-0.25, -0.2) is 9.35 Å². The number of nitrogens with zero attached hydrogens (tertiary/aromatic N) is 1. The summed E-state index contributed by atoms with van der Waals surface area (Å²) in [7, 11) is -10.0. The molecule has 5 nitrogen and oxygen atoms in total. The second-order valence-corrected chi connectivity index (χ2v) is 6.50. The largest absolute Gasteiger partial charge is 0.519 e. The van der Waals surface area contributed by atoms with Gasteiger partial charge in [-0.15, -0.1) is 0 Å². The summed E-state index contributed by atoms with van der Waals surface area (Å²) in [5.74, 6) is 0. The molecule has 17 heavy (non-hydrogen) atoms. The molecule has 10 heteroatoms. The Kier molecular flexibility index (Phi) is 3.50. The first kappa shape index (κ1) is 13.9. The minimum absolute atomic E-state index is 0.298. The molecule has 0 spiro atoms. The molecule has 0 saturated heterocycles. The van der Waals surface area contributed by atoms with E-state index in [1.807, 2.05) is 0 Å². The number of benzene rings is 1. The van der Waals surface area contributed by atoms with Crippen molar-refractivity contribution in [3.05, 3.63) is 30.3 Å². The van der Waals surface area contributed by atoms with E-state index in [2.05, 4.69) is 3.77 Å². The third-order valence-electron chi connectivity index (χ3n) is 1.58. The Morgan fingerprint density at radius 3 is 1.94 bits per heavy atom. The SMILES string of the molecule is NS(=O)(=NS(=O)(=O)C(F)(F)F)c1ccccc1. The standard InChI is InChI=1S/C7H7F3N2O3S2/c8-7(9,10)17(14,15)12-16(11,13)6-4-2-1-3-5-6/h1-5H,(H2,11,12,13). The van der Waals surface area contributed by atoms with Gasteiger partial charge in [-0.3, -0.25) is 0 Å². The summed E-state index contributed by atoms with van der Waals surface area (Å²) in [5.41, 5.74) is -5.62. The molecule has 1 atom stereocenters. The first-order chi connectivity index (χ1) is 7.56. The highest BCUT2D eigenvalue weighted by Crippen LogP contribution is 2.26. The lowest BCUT2D eigenvalue weighted by atomic mass is 10.4. The minimum Gasteiger partial charge on any atom is -0.240 e. The van der Waals surface area contributed by atoms with Gasteiger partial charge in [0, 0.05) is 0 Å². The van der Waals surface area contributed by atoms with E-state index in [4.69, 9.17) is 5.14 Å². The average Bonchev–Trinajstić information content (AvgIpc) is 2.15.